The third kappa shape index (κ3) is 3.65. The molecule has 1 saturated carbocycles. The van der Waals surface area contributed by atoms with Crippen LogP contribution < -0.4 is 16.4 Å². The van der Waals surface area contributed by atoms with E-state index < -0.39 is 11.5 Å². The highest BCUT2D eigenvalue weighted by Gasteiger charge is 2.44. The Morgan fingerprint density at radius 1 is 1.16 bits per heavy atom. The van der Waals surface area contributed by atoms with Gasteiger partial charge in [0.15, 0.2) is 0 Å². The number of thiocarbonyl (C=S) groups is 1. The van der Waals surface area contributed by atoms with Crippen molar-refractivity contribution in [3.63, 3.8) is 0 Å². The second-order valence-corrected chi connectivity index (χ2v) is 5.95. The quantitative estimate of drug-likeness (QED) is 0.654. The molecule has 0 aromatic carbocycles. The first-order chi connectivity index (χ1) is 8.79. The Labute approximate surface area is 119 Å². The van der Waals surface area contributed by atoms with Crippen LogP contribution in [0.5, 0.6) is 0 Å². The zero-order chi connectivity index (χ0) is 14.6. The van der Waals surface area contributed by atoms with Gasteiger partial charge in [-0.05, 0) is 33.6 Å². The molecule has 1 aliphatic rings. The van der Waals surface area contributed by atoms with Gasteiger partial charge in [-0.25, -0.2) is 0 Å². The molecular weight excluding hydrogens is 262 g/mol. The zero-order valence-corrected chi connectivity index (χ0v) is 12.6. The second kappa shape index (κ2) is 6.32. The molecule has 6 heteroatoms. The minimum Gasteiger partial charge on any atom is -0.392 e. The molecule has 5 nitrogen and oxygen atoms in total. The van der Waals surface area contributed by atoms with Gasteiger partial charge in [0, 0.05) is 6.04 Å². The molecule has 0 aromatic rings. The van der Waals surface area contributed by atoms with Crippen molar-refractivity contribution in [1.29, 1.82) is 0 Å². The molecular formula is C13H23N3O2S. The molecule has 0 heterocycles. The Hall–Kier alpha value is -1.17. The Morgan fingerprint density at radius 3 is 2.11 bits per heavy atom. The molecule has 1 unspecified atom stereocenters. The van der Waals surface area contributed by atoms with E-state index in [1.165, 1.54) is 0 Å². The van der Waals surface area contributed by atoms with Gasteiger partial charge < -0.3 is 16.4 Å². The molecule has 108 valence electrons. The molecule has 19 heavy (non-hydrogen) atoms. The summed E-state index contributed by atoms with van der Waals surface area (Å²) >= 11 is 5.05. The standard InChI is InChI=1S/C13H23N3O2S/c1-8(2)15-10(17)9(3)16-12(18)13(11(14)19)6-4-5-7-13/h8-9H,4-7H2,1-3H3,(H2,14,19)(H,15,17)(H,16,18). The summed E-state index contributed by atoms with van der Waals surface area (Å²) in [7, 11) is 0. The van der Waals surface area contributed by atoms with Crippen molar-refractivity contribution in [2.45, 2.75) is 58.5 Å². The van der Waals surface area contributed by atoms with E-state index in [2.05, 4.69) is 10.6 Å². The van der Waals surface area contributed by atoms with E-state index in [4.69, 9.17) is 18.0 Å². The number of rotatable bonds is 5. The van der Waals surface area contributed by atoms with Crippen LogP contribution in [0.4, 0.5) is 0 Å². The highest BCUT2D eigenvalue weighted by atomic mass is 32.1. The first-order valence-corrected chi connectivity index (χ1v) is 7.11. The highest BCUT2D eigenvalue weighted by molar-refractivity contribution is 7.80. The van der Waals surface area contributed by atoms with Crippen molar-refractivity contribution in [2.24, 2.45) is 11.1 Å². The molecule has 0 aromatic heterocycles. The molecule has 0 spiro atoms. The van der Waals surface area contributed by atoms with Crippen LogP contribution in [0.2, 0.25) is 0 Å². The first-order valence-electron chi connectivity index (χ1n) is 6.71. The number of hydrogen-bond donors (Lipinski definition) is 3. The van der Waals surface area contributed by atoms with Gasteiger partial charge in [-0.2, -0.15) is 0 Å². The number of carbonyl (C=O) groups is 2. The summed E-state index contributed by atoms with van der Waals surface area (Å²) in [5, 5.41) is 5.49. The van der Waals surface area contributed by atoms with Crippen molar-refractivity contribution in [2.75, 3.05) is 0 Å². The number of amides is 2. The predicted molar refractivity (Wildman–Crippen MR) is 78.6 cm³/mol. The normalized spacial score (nSPS) is 18.9. The van der Waals surface area contributed by atoms with E-state index in [0.717, 1.165) is 12.8 Å². The first kappa shape index (κ1) is 15.9. The number of hydrogen-bond acceptors (Lipinski definition) is 3. The Balaban J connectivity index is 2.68. The maximum Gasteiger partial charge on any atom is 0.242 e. The maximum atomic E-state index is 12.4. The topological polar surface area (TPSA) is 84.2 Å². The predicted octanol–water partition coefficient (Wildman–Crippen LogP) is 0.862. The second-order valence-electron chi connectivity index (χ2n) is 5.51. The molecule has 0 saturated heterocycles. The van der Waals surface area contributed by atoms with Gasteiger partial charge in [0.25, 0.3) is 0 Å². The summed E-state index contributed by atoms with van der Waals surface area (Å²) in [6.45, 7) is 5.41. The van der Waals surface area contributed by atoms with Crippen LogP contribution in [0.15, 0.2) is 0 Å². The molecule has 0 radical (unpaired) electrons. The summed E-state index contributed by atoms with van der Waals surface area (Å²) in [5.74, 6) is -0.414. The summed E-state index contributed by atoms with van der Waals surface area (Å²) in [6.07, 6.45) is 3.23. The van der Waals surface area contributed by atoms with Gasteiger partial charge in [0.05, 0.1) is 10.4 Å². The fourth-order valence-corrected chi connectivity index (χ4v) is 2.67. The minimum absolute atomic E-state index is 0.0443. The minimum atomic E-state index is -0.762. The lowest BCUT2D eigenvalue weighted by Gasteiger charge is -2.28. The zero-order valence-electron chi connectivity index (χ0n) is 11.8. The van der Waals surface area contributed by atoms with Crippen LogP contribution in [0.1, 0.15) is 46.5 Å². The van der Waals surface area contributed by atoms with Gasteiger partial charge in [-0.15, -0.1) is 0 Å². The summed E-state index contributed by atoms with van der Waals surface area (Å²) in [6, 6.07) is -0.537. The van der Waals surface area contributed by atoms with E-state index in [9.17, 15) is 9.59 Å². The lowest BCUT2D eigenvalue weighted by atomic mass is 9.85. The van der Waals surface area contributed by atoms with E-state index in [1.54, 1.807) is 6.92 Å². The van der Waals surface area contributed by atoms with Gasteiger partial charge in [0.1, 0.15) is 6.04 Å². The highest BCUT2D eigenvalue weighted by Crippen LogP contribution is 2.38. The van der Waals surface area contributed by atoms with Crippen molar-refractivity contribution < 1.29 is 9.59 Å². The third-order valence-electron chi connectivity index (χ3n) is 3.54. The van der Waals surface area contributed by atoms with Crippen molar-refractivity contribution in [3.8, 4) is 0 Å². The molecule has 0 aliphatic heterocycles. The fraction of sp³-hybridized carbons (Fsp3) is 0.769. The van der Waals surface area contributed by atoms with E-state index in [-0.39, 0.29) is 22.8 Å². The molecule has 4 N–H and O–H groups in total. The smallest absolute Gasteiger partial charge is 0.242 e. The largest absolute Gasteiger partial charge is 0.392 e. The van der Waals surface area contributed by atoms with Gasteiger partial charge in [-0.3, -0.25) is 9.59 Å². The summed E-state index contributed by atoms with van der Waals surface area (Å²) in [4.78, 5) is 24.4. The van der Waals surface area contributed by atoms with Crippen LogP contribution in [0.3, 0.4) is 0 Å². The summed E-state index contributed by atoms with van der Waals surface area (Å²) < 4.78 is 0. The monoisotopic (exact) mass is 285 g/mol. The number of nitrogens with one attached hydrogen (secondary N) is 2. The molecule has 0 bridgehead atoms. The van der Waals surface area contributed by atoms with Gasteiger partial charge in [-0.1, -0.05) is 25.1 Å². The van der Waals surface area contributed by atoms with Crippen LogP contribution >= 0.6 is 12.2 Å². The third-order valence-corrected chi connectivity index (χ3v) is 3.93. The SMILES string of the molecule is CC(C)NC(=O)C(C)NC(=O)C1(C(N)=S)CCCC1. The van der Waals surface area contributed by atoms with Crippen molar-refractivity contribution >= 4 is 29.0 Å². The Bertz CT molecular complexity index is 376. The van der Waals surface area contributed by atoms with Crippen LogP contribution in [0, 0.1) is 5.41 Å². The van der Waals surface area contributed by atoms with Crippen LogP contribution in [-0.4, -0.2) is 28.9 Å². The van der Waals surface area contributed by atoms with Gasteiger partial charge in [0.2, 0.25) is 11.8 Å². The lowest BCUT2D eigenvalue weighted by molar-refractivity contribution is -0.132. The molecule has 1 fully saturated rings. The lowest BCUT2D eigenvalue weighted by Crippen LogP contribution is -2.53. The average Bonchev–Trinajstić information content (AvgIpc) is 2.77. The number of carbonyl (C=O) groups excluding carboxylic acids is 2. The van der Waals surface area contributed by atoms with Crippen LogP contribution in [0.25, 0.3) is 0 Å². The Morgan fingerprint density at radius 2 is 1.68 bits per heavy atom. The average molecular weight is 285 g/mol. The van der Waals surface area contributed by atoms with Crippen LogP contribution in [-0.2, 0) is 9.59 Å². The van der Waals surface area contributed by atoms with Gasteiger partial charge >= 0.3 is 0 Å². The van der Waals surface area contributed by atoms with Crippen molar-refractivity contribution in [1.82, 2.24) is 10.6 Å². The number of nitrogens with two attached hydrogens (primary N) is 1. The van der Waals surface area contributed by atoms with E-state index in [0.29, 0.717) is 12.8 Å². The van der Waals surface area contributed by atoms with E-state index in [1.807, 2.05) is 13.8 Å². The molecule has 1 atom stereocenters. The molecule has 1 rings (SSSR count). The Kier molecular flexibility index (Phi) is 5.29. The maximum absolute atomic E-state index is 12.4. The molecule has 1 aliphatic carbocycles. The molecule has 2 amide bonds. The van der Waals surface area contributed by atoms with Crippen molar-refractivity contribution in [3.05, 3.63) is 0 Å². The summed E-state index contributed by atoms with van der Waals surface area (Å²) in [5.41, 5.74) is 4.97. The van der Waals surface area contributed by atoms with E-state index >= 15 is 0 Å². The fourth-order valence-electron chi connectivity index (χ4n) is 2.37.